The van der Waals surface area contributed by atoms with Crippen molar-refractivity contribution in [3.05, 3.63) is 33.8 Å². The second-order valence-electron chi connectivity index (χ2n) is 7.70. The highest BCUT2D eigenvalue weighted by atomic mass is 35.5. The molecule has 1 heterocycles. The van der Waals surface area contributed by atoms with E-state index >= 15 is 0 Å². The van der Waals surface area contributed by atoms with Gasteiger partial charge in [0.2, 0.25) is 5.91 Å². The van der Waals surface area contributed by atoms with E-state index in [0.29, 0.717) is 29.7 Å². The topological polar surface area (TPSA) is 49.9 Å². The van der Waals surface area contributed by atoms with Gasteiger partial charge in [-0.1, -0.05) is 23.2 Å². The number of carbonyl (C=O) groups is 2. The Hall–Kier alpha value is -1.46. The van der Waals surface area contributed by atoms with E-state index in [9.17, 15) is 9.59 Å². The van der Waals surface area contributed by atoms with E-state index in [4.69, 9.17) is 27.9 Å². The van der Waals surface area contributed by atoms with Crippen molar-refractivity contribution in [2.45, 2.75) is 45.8 Å². The number of piperidine rings is 1. The molecule has 5 nitrogen and oxygen atoms in total. The Morgan fingerprint density at radius 1 is 1.31 bits per heavy atom. The molecule has 0 aromatic heterocycles. The highest BCUT2D eigenvalue weighted by Gasteiger charge is 2.32. The van der Waals surface area contributed by atoms with Gasteiger partial charge in [0.1, 0.15) is 5.60 Å². The van der Waals surface area contributed by atoms with Crippen LogP contribution in [0.15, 0.2) is 18.2 Å². The predicted octanol–water partition coefficient (Wildman–Crippen LogP) is 4.60. The highest BCUT2D eigenvalue weighted by molar-refractivity contribution is 6.33. The Morgan fingerprint density at radius 3 is 2.65 bits per heavy atom. The van der Waals surface area contributed by atoms with Crippen LogP contribution >= 0.6 is 23.2 Å². The molecule has 0 saturated carbocycles. The number of hydrogen-bond donors (Lipinski definition) is 0. The lowest BCUT2D eigenvalue weighted by atomic mass is 9.96. The van der Waals surface area contributed by atoms with Gasteiger partial charge < -0.3 is 14.5 Å². The molecule has 1 atom stereocenters. The van der Waals surface area contributed by atoms with Gasteiger partial charge in [-0.05, 0) is 57.4 Å². The Balaban J connectivity index is 1.99. The zero-order valence-electron chi connectivity index (χ0n) is 15.7. The average Bonchev–Trinajstić information content (AvgIpc) is 2.56. The minimum Gasteiger partial charge on any atom is -0.444 e. The van der Waals surface area contributed by atoms with Crippen molar-refractivity contribution in [2.75, 3.05) is 20.1 Å². The van der Waals surface area contributed by atoms with E-state index in [1.807, 2.05) is 20.8 Å². The van der Waals surface area contributed by atoms with E-state index in [1.165, 1.54) is 0 Å². The Morgan fingerprint density at radius 2 is 2.00 bits per heavy atom. The summed E-state index contributed by atoms with van der Waals surface area (Å²) >= 11 is 12.2. The van der Waals surface area contributed by atoms with Crippen LogP contribution in [0.25, 0.3) is 0 Å². The van der Waals surface area contributed by atoms with Crippen LogP contribution in [-0.4, -0.2) is 47.5 Å². The first-order chi connectivity index (χ1) is 12.1. The molecule has 1 fully saturated rings. The zero-order valence-corrected chi connectivity index (χ0v) is 17.2. The van der Waals surface area contributed by atoms with Crippen molar-refractivity contribution < 1.29 is 14.3 Å². The van der Waals surface area contributed by atoms with Crippen molar-refractivity contribution in [3.8, 4) is 0 Å². The molecule has 0 spiro atoms. The maximum Gasteiger partial charge on any atom is 0.410 e. The summed E-state index contributed by atoms with van der Waals surface area (Å²) in [5, 5.41) is 1.16. The SMILES string of the molecule is CN(Cc1cc(Cl)ccc1Cl)C(=O)[C@@H]1CCCN(C(=O)OC(C)(C)C)C1. The third-order valence-corrected chi connectivity index (χ3v) is 4.82. The maximum absolute atomic E-state index is 12.8. The molecule has 2 rings (SSSR count). The van der Waals surface area contributed by atoms with Crippen molar-refractivity contribution in [1.82, 2.24) is 9.80 Å². The zero-order chi connectivity index (χ0) is 19.5. The van der Waals surface area contributed by atoms with Gasteiger partial charge in [-0.15, -0.1) is 0 Å². The van der Waals surface area contributed by atoms with Gasteiger partial charge in [0.15, 0.2) is 0 Å². The minimum absolute atomic E-state index is 0.00528. The third kappa shape index (κ3) is 5.78. The minimum atomic E-state index is -0.547. The number of amides is 2. The fourth-order valence-corrected chi connectivity index (χ4v) is 3.35. The van der Waals surface area contributed by atoms with Gasteiger partial charge >= 0.3 is 6.09 Å². The standard InChI is InChI=1S/C19H26Cl2N2O3/c1-19(2,3)26-18(25)23-9-5-6-13(12-23)17(24)22(4)11-14-10-15(20)7-8-16(14)21/h7-8,10,13H,5-6,9,11-12H2,1-4H3/t13-/m1/s1. The lowest BCUT2D eigenvalue weighted by Crippen LogP contribution is -2.47. The van der Waals surface area contributed by atoms with Crippen LogP contribution in [0.4, 0.5) is 4.79 Å². The average molecular weight is 401 g/mol. The number of hydrogen-bond acceptors (Lipinski definition) is 3. The smallest absolute Gasteiger partial charge is 0.410 e. The molecule has 2 amide bonds. The molecule has 0 N–H and O–H groups in total. The lowest BCUT2D eigenvalue weighted by Gasteiger charge is -2.35. The molecule has 26 heavy (non-hydrogen) atoms. The number of benzene rings is 1. The first kappa shape index (κ1) is 20.8. The normalized spacial score (nSPS) is 17.8. The number of rotatable bonds is 3. The van der Waals surface area contributed by atoms with Crippen molar-refractivity contribution in [3.63, 3.8) is 0 Å². The summed E-state index contributed by atoms with van der Waals surface area (Å²) in [6, 6.07) is 5.21. The van der Waals surface area contributed by atoms with Crippen molar-refractivity contribution in [1.29, 1.82) is 0 Å². The Kier molecular flexibility index (Phi) is 6.80. The van der Waals surface area contributed by atoms with E-state index in [0.717, 1.165) is 18.4 Å². The van der Waals surface area contributed by atoms with Gasteiger partial charge in [0.05, 0.1) is 5.92 Å². The van der Waals surface area contributed by atoms with Crippen LogP contribution in [0, 0.1) is 5.92 Å². The first-order valence-electron chi connectivity index (χ1n) is 8.73. The fraction of sp³-hybridized carbons (Fsp3) is 0.579. The molecule has 1 aromatic rings. The number of ether oxygens (including phenoxy) is 1. The molecular formula is C19H26Cl2N2O3. The van der Waals surface area contributed by atoms with Crippen LogP contribution in [0.2, 0.25) is 10.0 Å². The molecule has 1 aliphatic rings. The molecule has 0 aliphatic carbocycles. The molecule has 0 unspecified atom stereocenters. The molecule has 1 saturated heterocycles. The Labute approximate surface area is 165 Å². The third-order valence-electron chi connectivity index (χ3n) is 4.21. The van der Waals surface area contributed by atoms with Gasteiger partial charge in [-0.2, -0.15) is 0 Å². The maximum atomic E-state index is 12.8. The summed E-state index contributed by atoms with van der Waals surface area (Å²) in [4.78, 5) is 28.4. The largest absolute Gasteiger partial charge is 0.444 e. The summed E-state index contributed by atoms with van der Waals surface area (Å²) in [5.41, 5.74) is 0.253. The first-order valence-corrected chi connectivity index (χ1v) is 9.49. The Bertz CT molecular complexity index is 673. The monoisotopic (exact) mass is 400 g/mol. The second kappa shape index (κ2) is 8.49. The summed E-state index contributed by atoms with van der Waals surface area (Å²) in [6.45, 7) is 6.87. The second-order valence-corrected chi connectivity index (χ2v) is 8.54. The molecular weight excluding hydrogens is 375 g/mol. The molecule has 1 aliphatic heterocycles. The molecule has 7 heteroatoms. The fourth-order valence-electron chi connectivity index (χ4n) is 2.98. The van der Waals surface area contributed by atoms with Gasteiger partial charge in [0, 0.05) is 36.7 Å². The van der Waals surface area contributed by atoms with Gasteiger partial charge in [-0.3, -0.25) is 4.79 Å². The van der Waals surface area contributed by atoms with Crippen LogP contribution in [0.3, 0.4) is 0 Å². The van der Waals surface area contributed by atoms with Gasteiger partial charge in [-0.25, -0.2) is 4.79 Å². The lowest BCUT2D eigenvalue weighted by molar-refractivity contribution is -0.136. The number of likely N-dealkylation sites (tertiary alicyclic amines) is 1. The summed E-state index contributed by atoms with van der Waals surface area (Å²) in [5.74, 6) is -0.242. The van der Waals surface area contributed by atoms with Crippen LogP contribution in [0.1, 0.15) is 39.2 Å². The number of halogens is 2. The quantitative estimate of drug-likeness (QED) is 0.744. The van der Waals surface area contributed by atoms with Crippen molar-refractivity contribution in [2.24, 2.45) is 5.92 Å². The summed E-state index contributed by atoms with van der Waals surface area (Å²) in [7, 11) is 1.74. The number of nitrogens with zero attached hydrogens (tertiary/aromatic N) is 2. The highest BCUT2D eigenvalue weighted by Crippen LogP contribution is 2.24. The molecule has 0 bridgehead atoms. The van der Waals surface area contributed by atoms with Gasteiger partial charge in [0.25, 0.3) is 0 Å². The van der Waals surface area contributed by atoms with E-state index in [-0.39, 0.29) is 17.9 Å². The van der Waals surface area contributed by atoms with E-state index in [1.54, 1.807) is 35.0 Å². The summed E-state index contributed by atoms with van der Waals surface area (Å²) < 4.78 is 5.42. The van der Waals surface area contributed by atoms with Crippen molar-refractivity contribution >= 4 is 35.2 Å². The van der Waals surface area contributed by atoms with Crippen LogP contribution in [0.5, 0.6) is 0 Å². The van der Waals surface area contributed by atoms with E-state index < -0.39 is 5.60 Å². The van der Waals surface area contributed by atoms with Crippen LogP contribution < -0.4 is 0 Å². The summed E-state index contributed by atoms with van der Waals surface area (Å²) in [6.07, 6.45) is 1.17. The van der Waals surface area contributed by atoms with Crippen LogP contribution in [-0.2, 0) is 16.1 Å². The number of carbonyl (C=O) groups excluding carboxylic acids is 2. The molecule has 1 aromatic carbocycles. The van der Waals surface area contributed by atoms with E-state index in [2.05, 4.69) is 0 Å². The predicted molar refractivity (Wildman–Crippen MR) is 103 cm³/mol. The molecule has 0 radical (unpaired) electrons. The molecule has 144 valence electrons.